The van der Waals surface area contributed by atoms with Gasteiger partial charge in [-0.1, -0.05) is 25.6 Å². The number of carbonyl (C=O) groups is 1. The first-order valence-corrected chi connectivity index (χ1v) is 6.48. The quantitative estimate of drug-likeness (QED) is 0.716. The number of ketones is 1. The molecule has 0 radical (unpaired) electrons. The van der Waals surface area contributed by atoms with Crippen LogP contribution in [0.5, 0.6) is 5.75 Å². The fourth-order valence-corrected chi connectivity index (χ4v) is 1.78. The number of carbonyl (C=O) groups excluding carboxylic acids is 1. The number of aryl methyl sites for hydroxylation is 1. The topological polar surface area (TPSA) is 26.3 Å². The molecule has 1 rings (SSSR count). The molecule has 1 unspecified atom stereocenters. The molecule has 1 atom stereocenters. The van der Waals surface area contributed by atoms with Gasteiger partial charge < -0.3 is 4.18 Å². The molecule has 0 aromatic heterocycles. The second-order valence-corrected chi connectivity index (χ2v) is 4.93. The number of benzene rings is 1. The molecule has 92 valence electrons. The summed E-state index contributed by atoms with van der Waals surface area (Å²) in [6.07, 6.45) is 2.76. The molecule has 0 heterocycles. The van der Waals surface area contributed by atoms with E-state index in [1.54, 1.807) is 13.0 Å². The van der Waals surface area contributed by atoms with Crippen molar-refractivity contribution in [2.75, 3.05) is 0 Å². The maximum atomic E-state index is 11.1. The molecule has 0 saturated heterocycles. The molecule has 0 aliphatic rings. The van der Waals surface area contributed by atoms with Gasteiger partial charge in [-0.25, -0.2) is 0 Å². The van der Waals surface area contributed by atoms with Crippen molar-refractivity contribution in [3.8, 4) is 5.75 Å². The Morgan fingerprint density at radius 3 is 2.82 bits per heavy atom. The van der Waals surface area contributed by atoms with Gasteiger partial charge in [-0.3, -0.25) is 4.79 Å². The summed E-state index contributed by atoms with van der Waals surface area (Å²) in [4.78, 5) is 11.1. The van der Waals surface area contributed by atoms with Crippen molar-refractivity contribution in [3.63, 3.8) is 0 Å². The van der Waals surface area contributed by atoms with E-state index in [4.69, 9.17) is 4.18 Å². The van der Waals surface area contributed by atoms with Crippen LogP contribution in [0.4, 0.5) is 0 Å². The van der Waals surface area contributed by atoms with Gasteiger partial charge in [-0.15, -0.1) is 0 Å². The summed E-state index contributed by atoms with van der Waals surface area (Å²) in [5, 5.41) is -0.154. The van der Waals surface area contributed by atoms with Crippen molar-refractivity contribution >= 4 is 23.9 Å². The highest BCUT2D eigenvalue weighted by atomic mass is 32.2. The zero-order valence-electron chi connectivity index (χ0n) is 10.5. The largest absolute Gasteiger partial charge is 0.424 e. The monoisotopic (exact) mass is 250 g/mol. The van der Waals surface area contributed by atoms with Crippen LogP contribution in [0.3, 0.4) is 0 Å². The number of Topliss-reactive ketones (excluding diaryl/α,β-unsaturated/α-hetero) is 1. The third-order valence-electron chi connectivity index (χ3n) is 2.56. The van der Waals surface area contributed by atoms with E-state index in [1.807, 2.05) is 19.1 Å². The van der Waals surface area contributed by atoms with Crippen LogP contribution >= 0.6 is 12.0 Å². The molecule has 0 fully saturated rings. The fraction of sp³-hybridized carbons (Fsp3) is 0.357. The van der Waals surface area contributed by atoms with E-state index in [0.29, 0.717) is 0 Å². The van der Waals surface area contributed by atoms with E-state index < -0.39 is 0 Å². The smallest absolute Gasteiger partial charge is 0.145 e. The van der Waals surface area contributed by atoms with Crippen LogP contribution < -0.4 is 4.18 Å². The van der Waals surface area contributed by atoms with Gasteiger partial charge in [-0.05, 0) is 38.0 Å². The summed E-state index contributed by atoms with van der Waals surface area (Å²) >= 11 is 1.18. The Morgan fingerprint density at radius 2 is 2.29 bits per heavy atom. The standard InChI is InChI=1S/C14H18O2S/c1-5-12-7-8-14(13(6-2)9-12)16-17-11(4)10(3)15/h6-9,11H,2,5H2,1,3-4H3. The average Bonchev–Trinajstić information content (AvgIpc) is 2.35. The lowest BCUT2D eigenvalue weighted by atomic mass is 10.1. The minimum atomic E-state index is -0.154. The molecule has 0 spiro atoms. The number of hydrogen-bond acceptors (Lipinski definition) is 3. The molecule has 1 aromatic carbocycles. The molecule has 0 aliphatic carbocycles. The van der Waals surface area contributed by atoms with Crippen molar-refractivity contribution in [2.45, 2.75) is 32.4 Å². The molecule has 0 bridgehead atoms. The van der Waals surface area contributed by atoms with Crippen molar-refractivity contribution in [1.29, 1.82) is 0 Å². The van der Waals surface area contributed by atoms with Gasteiger partial charge in [0.1, 0.15) is 11.5 Å². The second kappa shape index (κ2) is 6.50. The number of rotatable bonds is 6. The highest BCUT2D eigenvalue weighted by Gasteiger charge is 2.11. The van der Waals surface area contributed by atoms with Gasteiger partial charge in [0.05, 0.1) is 17.3 Å². The molecule has 0 N–H and O–H groups in total. The molecular weight excluding hydrogens is 232 g/mol. The molecule has 3 heteroatoms. The molecule has 0 aliphatic heterocycles. The summed E-state index contributed by atoms with van der Waals surface area (Å²) in [7, 11) is 0. The summed E-state index contributed by atoms with van der Waals surface area (Å²) in [5.74, 6) is 0.871. The zero-order valence-corrected chi connectivity index (χ0v) is 11.3. The van der Waals surface area contributed by atoms with E-state index in [0.717, 1.165) is 17.7 Å². The van der Waals surface area contributed by atoms with E-state index in [1.165, 1.54) is 17.6 Å². The Hall–Kier alpha value is -1.22. The fourth-order valence-electron chi connectivity index (χ4n) is 1.25. The average molecular weight is 250 g/mol. The van der Waals surface area contributed by atoms with Gasteiger partial charge in [0.2, 0.25) is 0 Å². The first kappa shape index (κ1) is 13.8. The third kappa shape index (κ3) is 3.93. The summed E-state index contributed by atoms with van der Waals surface area (Å²) in [6.45, 7) is 9.28. The van der Waals surface area contributed by atoms with Crippen LogP contribution in [0.1, 0.15) is 31.9 Å². The van der Waals surface area contributed by atoms with Gasteiger partial charge in [0, 0.05) is 5.56 Å². The Balaban J connectivity index is 2.77. The van der Waals surface area contributed by atoms with Crippen LogP contribution in [-0.4, -0.2) is 11.0 Å². The Kier molecular flexibility index (Phi) is 5.29. The Labute approximate surface area is 107 Å². The van der Waals surface area contributed by atoms with Crippen LogP contribution in [-0.2, 0) is 11.2 Å². The maximum absolute atomic E-state index is 11.1. The van der Waals surface area contributed by atoms with E-state index >= 15 is 0 Å². The Bertz CT molecular complexity index is 413. The molecule has 0 amide bonds. The molecule has 17 heavy (non-hydrogen) atoms. The molecule has 0 saturated carbocycles. The predicted molar refractivity (Wildman–Crippen MR) is 74.3 cm³/mol. The first-order valence-electron chi connectivity index (χ1n) is 5.67. The predicted octanol–water partition coefficient (Wildman–Crippen LogP) is 3.90. The summed E-state index contributed by atoms with van der Waals surface area (Å²) in [6, 6.07) is 6.01. The molecule has 1 aromatic rings. The van der Waals surface area contributed by atoms with Crippen molar-refractivity contribution in [3.05, 3.63) is 35.9 Å². The normalized spacial score (nSPS) is 11.9. The van der Waals surface area contributed by atoms with Crippen LogP contribution in [0, 0.1) is 0 Å². The molecule has 2 nitrogen and oxygen atoms in total. The lowest BCUT2D eigenvalue weighted by molar-refractivity contribution is -0.116. The lowest BCUT2D eigenvalue weighted by Crippen LogP contribution is -2.09. The van der Waals surface area contributed by atoms with Crippen LogP contribution in [0.25, 0.3) is 6.08 Å². The highest BCUT2D eigenvalue weighted by molar-refractivity contribution is 7.96. The van der Waals surface area contributed by atoms with Crippen molar-refractivity contribution in [2.24, 2.45) is 0 Å². The van der Waals surface area contributed by atoms with Crippen LogP contribution in [0.15, 0.2) is 24.8 Å². The Morgan fingerprint density at radius 1 is 1.59 bits per heavy atom. The zero-order chi connectivity index (χ0) is 12.8. The van der Waals surface area contributed by atoms with Crippen LogP contribution in [0.2, 0.25) is 0 Å². The van der Waals surface area contributed by atoms with Gasteiger partial charge in [0.15, 0.2) is 0 Å². The minimum Gasteiger partial charge on any atom is -0.424 e. The van der Waals surface area contributed by atoms with Gasteiger partial charge in [-0.2, -0.15) is 0 Å². The van der Waals surface area contributed by atoms with E-state index in [9.17, 15) is 4.79 Å². The summed E-state index contributed by atoms with van der Waals surface area (Å²) in [5.41, 5.74) is 2.21. The summed E-state index contributed by atoms with van der Waals surface area (Å²) < 4.78 is 5.58. The second-order valence-electron chi connectivity index (χ2n) is 3.86. The SMILES string of the molecule is C=Cc1cc(CC)ccc1OSC(C)C(C)=O. The van der Waals surface area contributed by atoms with Crippen molar-refractivity contribution in [1.82, 2.24) is 0 Å². The number of hydrogen-bond donors (Lipinski definition) is 0. The highest BCUT2D eigenvalue weighted by Crippen LogP contribution is 2.26. The van der Waals surface area contributed by atoms with Crippen molar-refractivity contribution < 1.29 is 8.98 Å². The van der Waals surface area contributed by atoms with Gasteiger partial charge in [0.25, 0.3) is 0 Å². The lowest BCUT2D eigenvalue weighted by Gasteiger charge is -2.11. The third-order valence-corrected chi connectivity index (χ3v) is 3.45. The van der Waals surface area contributed by atoms with E-state index in [-0.39, 0.29) is 11.0 Å². The minimum absolute atomic E-state index is 0.111. The van der Waals surface area contributed by atoms with E-state index in [2.05, 4.69) is 19.6 Å². The molecular formula is C14H18O2S. The maximum Gasteiger partial charge on any atom is 0.145 e. The van der Waals surface area contributed by atoms with Gasteiger partial charge >= 0.3 is 0 Å². The first-order chi connectivity index (χ1) is 8.08.